The molecule has 8 nitrogen and oxygen atoms in total. The van der Waals surface area contributed by atoms with E-state index in [1.54, 1.807) is 0 Å². The van der Waals surface area contributed by atoms with Gasteiger partial charge in [-0.2, -0.15) is 0 Å². The van der Waals surface area contributed by atoms with Crippen LogP contribution in [0.1, 0.15) is 46.4 Å². The van der Waals surface area contributed by atoms with Crippen LogP contribution in [0, 0.1) is 10.1 Å². The molecule has 2 rings (SSSR count). The summed E-state index contributed by atoms with van der Waals surface area (Å²) in [6.07, 6.45) is 1.37. The number of aliphatic carboxylic acids is 1. The third kappa shape index (κ3) is 3.11. The second kappa shape index (κ2) is 6.33. The van der Waals surface area contributed by atoms with Crippen molar-refractivity contribution >= 4 is 23.5 Å². The van der Waals surface area contributed by atoms with Crippen molar-refractivity contribution < 1.29 is 24.4 Å². The number of non-ortho nitro benzene ring substituents is 1. The second-order valence-corrected chi connectivity index (χ2v) is 4.93. The first-order chi connectivity index (χ1) is 10.4. The number of carboxylic acids is 1. The van der Waals surface area contributed by atoms with Gasteiger partial charge in [-0.05, 0) is 25.3 Å². The minimum Gasteiger partial charge on any atom is -0.550 e. The Kier molecular flexibility index (Phi) is 4.50. The smallest absolute Gasteiger partial charge is 0.270 e. The van der Waals surface area contributed by atoms with E-state index in [1.165, 1.54) is 12.1 Å². The summed E-state index contributed by atoms with van der Waals surface area (Å²) in [6, 6.07) is 3.57. The van der Waals surface area contributed by atoms with Crippen molar-refractivity contribution in [2.45, 2.75) is 25.7 Å². The number of nitro benzene ring substituents is 1. The van der Waals surface area contributed by atoms with Gasteiger partial charge in [0.1, 0.15) is 0 Å². The zero-order valence-electron chi connectivity index (χ0n) is 11.6. The molecule has 1 aromatic rings. The average molecular weight is 305 g/mol. The number of amides is 2. The fourth-order valence-electron chi connectivity index (χ4n) is 2.31. The van der Waals surface area contributed by atoms with E-state index in [0.29, 0.717) is 19.3 Å². The first-order valence-corrected chi connectivity index (χ1v) is 6.76. The molecule has 1 aliphatic heterocycles. The van der Waals surface area contributed by atoms with Gasteiger partial charge in [-0.3, -0.25) is 24.6 Å². The van der Waals surface area contributed by atoms with E-state index < -0.39 is 22.7 Å². The Morgan fingerprint density at radius 2 is 1.77 bits per heavy atom. The largest absolute Gasteiger partial charge is 0.550 e. The van der Waals surface area contributed by atoms with Gasteiger partial charge >= 0.3 is 0 Å². The van der Waals surface area contributed by atoms with E-state index in [4.69, 9.17) is 0 Å². The molecule has 0 atom stereocenters. The highest BCUT2D eigenvalue weighted by Crippen LogP contribution is 2.27. The van der Waals surface area contributed by atoms with Gasteiger partial charge in [0.15, 0.2) is 0 Å². The summed E-state index contributed by atoms with van der Waals surface area (Å²) in [5.74, 6) is -2.16. The number of rotatable bonds is 7. The van der Waals surface area contributed by atoms with Gasteiger partial charge in [-0.15, -0.1) is 0 Å². The molecule has 0 fully saturated rings. The van der Waals surface area contributed by atoms with E-state index in [9.17, 15) is 29.6 Å². The molecule has 0 spiro atoms. The number of carbonyl (C=O) groups excluding carboxylic acids is 3. The summed E-state index contributed by atoms with van der Waals surface area (Å²) in [5, 5.41) is 21.0. The number of carboxylic acid groups (broad SMARTS) is 1. The molecular weight excluding hydrogens is 292 g/mol. The summed E-state index contributed by atoms with van der Waals surface area (Å²) in [6.45, 7) is 0.160. The zero-order valence-corrected chi connectivity index (χ0v) is 11.6. The number of hydrogen-bond acceptors (Lipinski definition) is 6. The van der Waals surface area contributed by atoms with Crippen LogP contribution in [0.5, 0.6) is 0 Å². The average Bonchev–Trinajstić information content (AvgIpc) is 2.70. The van der Waals surface area contributed by atoms with E-state index in [1.807, 2.05) is 0 Å². The minimum absolute atomic E-state index is 0.0361. The first-order valence-electron chi connectivity index (χ1n) is 6.76. The van der Waals surface area contributed by atoms with E-state index in [-0.39, 0.29) is 29.8 Å². The lowest BCUT2D eigenvalue weighted by atomic mass is 10.1. The summed E-state index contributed by atoms with van der Waals surface area (Å²) < 4.78 is 0. The molecule has 0 aliphatic carbocycles. The Bertz CT molecular complexity index is 655. The molecule has 0 bridgehead atoms. The maximum Gasteiger partial charge on any atom is 0.270 e. The summed E-state index contributed by atoms with van der Waals surface area (Å²) in [4.78, 5) is 45.6. The lowest BCUT2D eigenvalue weighted by molar-refractivity contribution is -0.384. The van der Waals surface area contributed by atoms with Crippen molar-refractivity contribution in [1.82, 2.24) is 4.90 Å². The van der Waals surface area contributed by atoms with E-state index in [2.05, 4.69) is 0 Å². The Morgan fingerprint density at radius 1 is 1.09 bits per heavy atom. The van der Waals surface area contributed by atoms with Crippen molar-refractivity contribution in [3.63, 3.8) is 0 Å². The fourth-order valence-corrected chi connectivity index (χ4v) is 2.31. The van der Waals surface area contributed by atoms with Crippen LogP contribution < -0.4 is 5.11 Å². The highest BCUT2D eigenvalue weighted by atomic mass is 16.6. The number of benzene rings is 1. The van der Waals surface area contributed by atoms with Crippen LogP contribution in [0.3, 0.4) is 0 Å². The highest BCUT2D eigenvalue weighted by Gasteiger charge is 2.36. The topological polar surface area (TPSA) is 121 Å². The summed E-state index contributed by atoms with van der Waals surface area (Å²) >= 11 is 0. The molecule has 0 radical (unpaired) electrons. The SMILES string of the molecule is O=C([O-])CCCCCN1C(=O)c2ccc([N+](=O)[O-])cc2C1=O. The van der Waals surface area contributed by atoms with E-state index in [0.717, 1.165) is 11.0 Å². The quantitative estimate of drug-likeness (QED) is 0.313. The highest BCUT2D eigenvalue weighted by molar-refractivity contribution is 6.21. The van der Waals surface area contributed by atoms with Crippen LogP contribution in [0.2, 0.25) is 0 Å². The molecule has 0 saturated heterocycles. The first kappa shape index (κ1) is 15.6. The summed E-state index contributed by atoms with van der Waals surface area (Å²) in [5.41, 5.74) is -0.0463. The Balaban J connectivity index is 2.01. The number of unbranched alkanes of at least 4 members (excludes halogenated alkanes) is 2. The molecule has 1 heterocycles. The molecule has 116 valence electrons. The lowest BCUT2D eigenvalue weighted by Gasteiger charge is -2.13. The zero-order chi connectivity index (χ0) is 16.3. The molecule has 2 amide bonds. The Hall–Kier alpha value is -2.77. The van der Waals surface area contributed by atoms with Crippen molar-refractivity contribution in [1.29, 1.82) is 0 Å². The van der Waals surface area contributed by atoms with Gasteiger partial charge in [-0.1, -0.05) is 6.42 Å². The van der Waals surface area contributed by atoms with E-state index >= 15 is 0 Å². The van der Waals surface area contributed by atoms with Crippen molar-refractivity contribution in [3.05, 3.63) is 39.4 Å². The number of fused-ring (bicyclic) bond motifs is 1. The molecule has 22 heavy (non-hydrogen) atoms. The van der Waals surface area contributed by atoms with Crippen LogP contribution in [-0.4, -0.2) is 34.2 Å². The number of carbonyl (C=O) groups is 3. The molecule has 1 aromatic carbocycles. The van der Waals surface area contributed by atoms with Crippen molar-refractivity contribution in [2.24, 2.45) is 0 Å². The van der Waals surface area contributed by atoms with Gasteiger partial charge < -0.3 is 9.90 Å². The maximum atomic E-state index is 12.1. The molecular formula is C14H13N2O6-. The van der Waals surface area contributed by atoms with Gasteiger partial charge in [0.05, 0.1) is 16.1 Å². The minimum atomic E-state index is -1.13. The molecule has 0 saturated carbocycles. The van der Waals surface area contributed by atoms with Gasteiger partial charge in [0.2, 0.25) is 0 Å². The lowest BCUT2D eigenvalue weighted by Crippen LogP contribution is -2.30. The maximum absolute atomic E-state index is 12.1. The predicted molar refractivity (Wildman–Crippen MR) is 71.9 cm³/mol. The van der Waals surface area contributed by atoms with Crippen LogP contribution in [0.4, 0.5) is 5.69 Å². The monoisotopic (exact) mass is 305 g/mol. The molecule has 0 N–H and O–H groups in total. The predicted octanol–water partition coefficient (Wildman–Crippen LogP) is 0.501. The Morgan fingerprint density at radius 3 is 2.41 bits per heavy atom. The number of imide groups is 1. The van der Waals surface area contributed by atoms with Crippen LogP contribution >= 0.6 is 0 Å². The third-order valence-electron chi connectivity index (χ3n) is 3.43. The molecule has 0 aromatic heterocycles. The van der Waals surface area contributed by atoms with Gasteiger partial charge in [0.25, 0.3) is 17.5 Å². The van der Waals surface area contributed by atoms with Crippen molar-refractivity contribution in [2.75, 3.05) is 6.54 Å². The fraction of sp³-hybridized carbons (Fsp3) is 0.357. The number of nitrogens with zero attached hydrogens (tertiary/aromatic N) is 2. The van der Waals surface area contributed by atoms with Crippen LogP contribution in [0.15, 0.2) is 18.2 Å². The standard InChI is InChI=1S/C14H14N2O6/c17-12(18)4-2-1-3-7-15-13(19)10-6-5-9(16(21)22)8-11(10)14(15)20/h5-6,8H,1-4,7H2,(H,17,18)/p-1. The number of hydrogen-bond donors (Lipinski definition) is 0. The van der Waals surface area contributed by atoms with Crippen LogP contribution in [-0.2, 0) is 4.79 Å². The molecule has 0 unspecified atom stereocenters. The summed E-state index contributed by atoms with van der Waals surface area (Å²) in [7, 11) is 0. The Labute approximate surface area is 125 Å². The number of nitro groups is 1. The van der Waals surface area contributed by atoms with Crippen LogP contribution in [0.25, 0.3) is 0 Å². The van der Waals surface area contributed by atoms with Crippen molar-refractivity contribution in [3.8, 4) is 0 Å². The normalized spacial score (nSPS) is 13.4. The molecule has 1 aliphatic rings. The third-order valence-corrected chi connectivity index (χ3v) is 3.43. The van der Waals surface area contributed by atoms with Gasteiger partial charge in [-0.25, -0.2) is 0 Å². The second-order valence-electron chi connectivity index (χ2n) is 4.93. The molecule has 8 heteroatoms. The van der Waals surface area contributed by atoms with Gasteiger partial charge in [0, 0.05) is 24.6 Å².